The van der Waals surface area contributed by atoms with Gasteiger partial charge in [-0.3, -0.25) is 14.9 Å². The van der Waals surface area contributed by atoms with Crippen molar-refractivity contribution in [2.24, 2.45) is 0 Å². The minimum absolute atomic E-state index is 0.0535. The van der Waals surface area contributed by atoms with Gasteiger partial charge in [-0.05, 0) is 38.4 Å². The van der Waals surface area contributed by atoms with Crippen LogP contribution in [0.4, 0.5) is 11.4 Å². The summed E-state index contributed by atoms with van der Waals surface area (Å²) in [6.07, 6.45) is 1.93. The number of hydrogen-bond acceptors (Lipinski definition) is 5. The second kappa shape index (κ2) is 6.09. The molecule has 1 aromatic carbocycles. The van der Waals surface area contributed by atoms with Crippen molar-refractivity contribution in [1.29, 1.82) is 0 Å². The number of nitrogens with one attached hydrogen (secondary N) is 1. The summed E-state index contributed by atoms with van der Waals surface area (Å²) < 4.78 is 0. The largest absolute Gasteiger partial charge is 0.393 e. The molecule has 0 aliphatic carbocycles. The maximum atomic E-state index is 12.6. The van der Waals surface area contributed by atoms with Crippen LogP contribution in [0.25, 0.3) is 0 Å². The fourth-order valence-corrected chi connectivity index (χ4v) is 2.67. The third kappa shape index (κ3) is 3.13. The third-order valence-electron chi connectivity index (χ3n) is 3.85. The number of rotatable bonds is 3. The van der Waals surface area contributed by atoms with Crippen LogP contribution in [-0.2, 0) is 0 Å². The molecular weight excluding hydrogens is 272 g/mol. The summed E-state index contributed by atoms with van der Waals surface area (Å²) in [5.41, 5.74) is 6.44. The Bertz CT molecular complexity index is 574. The van der Waals surface area contributed by atoms with Gasteiger partial charge in [0.2, 0.25) is 0 Å². The number of carbonyl (C=O) groups is 1. The molecule has 1 unspecified atom stereocenters. The molecule has 1 fully saturated rings. The van der Waals surface area contributed by atoms with E-state index in [1.165, 1.54) is 6.07 Å². The molecule has 3 N–H and O–H groups in total. The summed E-state index contributed by atoms with van der Waals surface area (Å²) in [6, 6.07) is 3.26. The number of piperidine rings is 1. The Morgan fingerprint density at radius 1 is 1.52 bits per heavy atom. The van der Waals surface area contributed by atoms with Crippen molar-refractivity contribution in [1.82, 2.24) is 10.2 Å². The van der Waals surface area contributed by atoms with E-state index in [1.807, 2.05) is 7.05 Å². The molecule has 7 nitrogen and oxygen atoms in total. The normalized spacial score (nSPS) is 18.6. The maximum absolute atomic E-state index is 12.6. The van der Waals surface area contributed by atoms with E-state index in [9.17, 15) is 14.9 Å². The number of nitro benzene ring substituents is 1. The number of hydrogen-bond donors (Lipinski definition) is 2. The number of nitrogens with two attached hydrogens (primary N) is 1. The Hall–Kier alpha value is -2.15. The number of benzene rings is 1. The lowest BCUT2D eigenvalue weighted by Crippen LogP contribution is -2.47. The molecule has 1 aromatic rings. The van der Waals surface area contributed by atoms with Crippen LogP contribution < -0.4 is 11.1 Å². The number of nitrogens with zero attached hydrogens (tertiary/aromatic N) is 2. The number of anilines is 1. The Kier molecular flexibility index (Phi) is 4.42. The standard InChI is InChI=1S/C14H20N4O3/c1-9-6-11(13(15)12(7-9)18(20)21)14(19)17-5-3-4-10(8-17)16-2/h6-7,10,16H,3-5,8,15H2,1-2H3. The van der Waals surface area contributed by atoms with E-state index in [4.69, 9.17) is 5.73 Å². The van der Waals surface area contributed by atoms with Gasteiger partial charge >= 0.3 is 0 Å². The van der Waals surface area contributed by atoms with Gasteiger partial charge in [0.1, 0.15) is 5.69 Å². The molecule has 1 aliphatic heterocycles. The van der Waals surface area contributed by atoms with Crippen LogP contribution in [-0.4, -0.2) is 41.9 Å². The van der Waals surface area contributed by atoms with Gasteiger partial charge in [0, 0.05) is 25.2 Å². The van der Waals surface area contributed by atoms with Crippen LogP contribution >= 0.6 is 0 Å². The molecule has 0 bridgehead atoms. The van der Waals surface area contributed by atoms with Gasteiger partial charge in [0.25, 0.3) is 11.6 Å². The van der Waals surface area contributed by atoms with E-state index in [0.717, 1.165) is 12.8 Å². The molecule has 1 heterocycles. The van der Waals surface area contributed by atoms with Gasteiger partial charge in [-0.25, -0.2) is 0 Å². The molecule has 0 spiro atoms. The molecule has 1 saturated heterocycles. The summed E-state index contributed by atoms with van der Waals surface area (Å²) in [6.45, 7) is 2.96. The van der Waals surface area contributed by atoms with Crippen molar-refractivity contribution in [2.45, 2.75) is 25.8 Å². The first kappa shape index (κ1) is 15.2. The summed E-state index contributed by atoms with van der Waals surface area (Å²) >= 11 is 0. The van der Waals surface area contributed by atoms with E-state index in [2.05, 4.69) is 5.32 Å². The Morgan fingerprint density at radius 2 is 2.24 bits per heavy atom. The minimum atomic E-state index is -0.550. The van der Waals surface area contributed by atoms with Crippen LogP contribution in [0, 0.1) is 17.0 Å². The van der Waals surface area contributed by atoms with Gasteiger partial charge in [-0.15, -0.1) is 0 Å². The van der Waals surface area contributed by atoms with E-state index in [0.29, 0.717) is 18.7 Å². The van der Waals surface area contributed by atoms with Gasteiger partial charge in [0.15, 0.2) is 0 Å². The molecule has 1 aliphatic rings. The summed E-state index contributed by atoms with van der Waals surface area (Å²) in [5.74, 6) is -0.237. The van der Waals surface area contributed by atoms with Crippen molar-refractivity contribution in [3.63, 3.8) is 0 Å². The van der Waals surface area contributed by atoms with Crippen molar-refractivity contribution >= 4 is 17.3 Å². The lowest BCUT2D eigenvalue weighted by molar-refractivity contribution is -0.384. The average Bonchev–Trinajstić information content (AvgIpc) is 2.48. The summed E-state index contributed by atoms with van der Waals surface area (Å²) in [4.78, 5) is 24.8. The van der Waals surface area contributed by atoms with E-state index in [1.54, 1.807) is 17.9 Å². The summed E-state index contributed by atoms with van der Waals surface area (Å²) in [5, 5.41) is 14.2. The number of likely N-dealkylation sites (tertiary alicyclic amines) is 1. The highest BCUT2D eigenvalue weighted by Crippen LogP contribution is 2.28. The second-order valence-electron chi connectivity index (χ2n) is 5.38. The lowest BCUT2D eigenvalue weighted by Gasteiger charge is -2.32. The molecule has 7 heteroatoms. The van der Waals surface area contributed by atoms with Crippen molar-refractivity contribution in [3.05, 3.63) is 33.4 Å². The van der Waals surface area contributed by atoms with Crippen molar-refractivity contribution < 1.29 is 9.72 Å². The van der Waals surface area contributed by atoms with E-state index in [-0.39, 0.29) is 28.9 Å². The zero-order valence-corrected chi connectivity index (χ0v) is 12.3. The molecule has 0 aromatic heterocycles. The van der Waals surface area contributed by atoms with Crippen molar-refractivity contribution in [3.8, 4) is 0 Å². The SMILES string of the molecule is CNC1CCCN(C(=O)c2cc(C)cc([N+](=O)[O-])c2N)C1. The van der Waals surface area contributed by atoms with E-state index >= 15 is 0 Å². The molecule has 0 saturated carbocycles. The molecule has 21 heavy (non-hydrogen) atoms. The fraction of sp³-hybridized carbons (Fsp3) is 0.500. The number of aryl methyl sites for hydroxylation is 1. The molecule has 1 amide bonds. The van der Waals surface area contributed by atoms with Gasteiger partial charge < -0.3 is 16.0 Å². The first-order chi connectivity index (χ1) is 9.93. The lowest BCUT2D eigenvalue weighted by atomic mass is 10.0. The Morgan fingerprint density at radius 3 is 2.86 bits per heavy atom. The fourth-order valence-electron chi connectivity index (χ4n) is 2.67. The molecule has 1 atom stereocenters. The molecular formula is C14H20N4O3. The Labute approximate surface area is 123 Å². The number of amides is 1. The first-order valence-corrected chi connectivity index (χ1v) is 6.95. The highest BCUT2D eigenvalue weighted by Gasteiger charge is 2.27. The number of likely N-dealkylation sites (N-methyl/N-ethyl adjacent to an activating group) is 1. The predicted octanol–water partition coefficient (Wildman–Crippen LogP) is 1.31. The molecule has 114 valence electrons. The zero-order chi connectivity index (χ0) is 15.6. The highest BCUT2D eigenvalue weighted by molar-refractivity contribution is 6.01. The van der Waals surface area contributed by atoms with Gasteiger partial charge in [-0.1, -0.05) is 0 Å². The van der Waals surface area contributed by atoms with Crippen LogP contribution in [0.5, 0.6) is 0 Å². The first-order valence-electron chi connectivity index (χ1n) is 6.95. The Balaban J connectivity index is 2.33. The third-order valence-corrected chi connectivity index (χ3v) is 3.85. The van der Waals surface area contributed by atoms with Crippen LogP contribution in [0.15, 0.2) is 12.1 Å². The molecule has 0 radical (unpaired) electrons. The van der Waals surface area contributed by atoms with Crippen LogP contribution in [0.1, 0.15) is 28.8 Å². The smallest absolute Gasteiger partial charge is 0.293 e. The van der Waals surface area contributed by atoms with Crippen LogP contribution in [0.2, 0.25) is 0 Å². The quantitative estimate of drug-likeness (QED) is 0.497. The average molecular weight is 292 g/mol. The zero-order valence-electron chi connectivity index (χ0n) is 12.3. The predicted molar refractivity (Wildman–Crippen MR) is 80.2 cm³/mol. The topological polar surface area (TPSA) is 102 Å². The maximum Gasteiger partial charge on any atom is 0.293 e. The number of nitrogen functional groups attached to an aromatic ring is 1. The second-order valence-corrected chi connectivity index (χ2v) is 5.38. The van der Waals surface area contributed by atoms with Gasteiger partial charge in [-0.2, -0.15) is 0 Å². The summed E-state index contributed by atoms with van der Waals surface area (Å²) in [7, 11) is 1.87. The molecule has 2 rings (SSSR count). The monoisotopic (exact) mass is 292 g/mol. The number of carbonyl (C=O) groups excluding carboxylic acids is 1. The number of nitro groups is 1. The van der Waals surface area contributed by atoms with Crippen LogP contribution in [0.3, 0.4) is 0 Å². The highest BCUT2D eigenvalue weighted by atomic mass is 16.6. The van der Waals surface area contributed by atoms with Crippen molar-refractivity contribution in [2.75, 3.05) is 25.9 Å². The van der Waals surface area contributed by atoms with Gasteiger partial charge in [0.05, 0.1) is 10.5 Å². The van der Waals surface area contributed by atoms with E-state index < -0.39 is 4.92 Å². The minimum Gasteiger partial charge on any atom is -0.393 e.